The van der Waals surface area contributed by atoms with Crippen LogP contribution in [0, 0.1) is 0 Å². The highest BCUT2D eigenvalue weighted by Crippen LogP contribution is 2.24. The molecule has 0 saturated carbocycles. The van der Waals surface area contributed by atoms with Gasteiger partial charge in [-0.25, -0.2) is 0 Å². The van der Waals surface area contributed by atoms with Gasteiger partial charge in [0.05, 0.1) is 5.02 Å². The van der Waals surface area contributed by atoms with Crippen LogP contribution in [-0.2, 0) is 0 Å². The topological polar surface area (TPSA) is 20.3 Å². The molecule has 1 rings (SSSR count). The van der Waals surface area contributed by atoms with E-state index in [1.165, 1.54) is 0 Å². The number of amides is 1. The zero-order valence-electron chi connectivity index (χ0n) is 10.4. The molecule has 5 heteroatoms. The summed E-state index contributed by atoms with van der Waals surface area (Å²) < 4.78 is 0.789. The summed E-state index contributed by atoms with van der Waals surface area (Å²) in [4.78, 5) is 14.2. The minimum atomic E-state index is -0.00971. The highest BCUT2D eigenvalue weighted by atomic mass is 79.9. The Bertz CT molecular complexity index is 423. The van der Waals surface area contributed by atoms with Crippen LogP contribution in [0.15, 0.2) is 22.7 Å². The Balaban J connectivity index is 2.91. The molecule has 0 fully saturated rings. The standard InChI is InChI=1S/C13H16BrCl2NO/c1-9(2)17(7-3-6-15)13(18)10-4-5-11(14)12(16)8-10/h4-5,8-9H,3,6-7H2,1-2H3. The Kier molecular flexibility index (Phi) is 6.47. The van der Waals surface area contributed by atoms with Crippen molar-refractivity contribution in [2.24, 2.45) is 0 Å². The predicted molar refractivity (Wildman–Crippen MR) is 80.7 cm³/mol. The van der Waals surface area contributed by atoms with Gasteiger partial charge in [-0.3, -0.25) is 4.79 Å². The summed E-state index contributed by atoms with van der Waals surface area (Å²) in [6, 6.07) is 5.39. The molecule has 1 aromatic rings. The number of nitrogens with zero attached hydrogens (tertiary/aromatic N) is 1. The van der Waals surface area contributed by atoms with Gasteiger partial charge in [-0.05, 0) is 54.4 Å². The van der Waals surface area contributed by atoms with Crippen molar-refractivity contribution in [2.75, 3.05) is 12.4 Å². The first-order valence-corrected chi connectivity index (χ1v) is 7.50. The first kappa shape index (κ1) is 15.8. The molecule has 0 spiro atoms. The number of rotatable bonds is 5. The molecule has 0 bridgehead atoms. The summed E-state index contributed by atoms with van der Waals surface area (Å²) >= 11 is 15.0. The number of halogens is 3. The van der Waals surface area contributed by atoms with E-state index in [0.29, 0.717) is 23.0 Å². The van der Waals surface area contributed by atoms with E-state index in [9.17, 15) is 4.79 Å². The Labute approximate surface area is 126 Å². The lowest BCUT2D eigenvalue weighted by atomic mass is 10.1. The average molecular weight is 353 g/mol. The lowest BCUT2D eigenvalue weighted by Gasteiger charge is -2.26. The monoisotopic (exact) mass is 351 g/mol. The van der Waals surface area contributed by atoms with E-state index in [-0.39, 0.29) is 11.9 Å². The van der Waals surface area contributed by atoms with Crippen LogP contribution in [0.25, 0.3) is 0 Å². The fourth-order valence-corrected chi connectivity index (χ4v) is 2.17. The fourth-order valence-electron chi connectivity index (χ4n) is 1.62. The fraction of sp³-hybridized carbons (Fsp3) is 0.462. The van der Waals surface area contributed by atoms with Gasteiger partial charge in [0.15, 0.2) is 0 Å². The lowest BCUT2D eigenvalue weighted by Crippen LogP contribution is -2.37. The number of carbonyl (C=O) groups is 1. The number of hydrogen-bond donors (Lipinski definition) is 0. The second kappa shape index (κ2) is 7.37. The summed E-state index contributed by atoms with van der Waals surface area (Å²) in [6.07, 6.45) is 0.787. The van der Waals surface area contributed by atoms with Gasteiger partial charge in [0.25, 0.3) is 5.91 Å². The van der Waals surface area contributed by atoms with E-state index < -0.39 is 0 Å². The Morgan fingerprint density at radius 2 is 2.11 bits per heavy atom. The van der Waals surface area contributed by atoms with E-state index in [1.807, 2.05) is 18.7 Å². The normalized spacial score (nSPS) is 10.8. The molecular formula is C13H16BrCl2NO. The van der Waals surface area contributed by atoms with Gasteiger partial charge in [-0.2, -0.15) is 0 Å². The summed E-state index contributed by atoms with van der Waals surface area (Å²) in [5, 5.41) is 0.543. The van der Waals surface area contributed by atoms with E-state index >= 15 is 0 Å². The average Bonchev–Trinajstić information content (AvgIpc) is 2.32. The maximum Gasteiger partial charge on any atom is 0.254 e. The zero-order chi connectivity index (χ0) is 13.7. The molecule has 0 aliphatic heterocycles. The molecule has 0 unspecified atom stereocenters. The van der Waals surface area contributed by atoms with E-state index in [4.69, 9.17) is 23.2 Å². The minimum Gasteiger partial charge on any atom is -0.336 e. The Morgan fingerprint density at radius 1 is 1.44 bits per heavy atom. The van der Waals surface area contributed by atoms with Crippen molar-refractivity contribution < 1.29 is 4.79 Å². The molecule has 100 valence electrons. The van der Waals surface area contributed by atoms with Gasteiger partial charge >= 0.3 is 0 Å². The first-order chi connectivity index (χ1) is 8.47. The number of alkyl halides is 1. The third-order valence-corrected chi connectivity index (χ3v) is 4.08. The van der Waals surface area contributed by atoms with Gasteiger partial charge in [-0.15, -0.1) is 11.6 Å². The quantitative estimate of drug-likeness (QED) is 0.710. The van der Waals surface area contributed by atoms with Crippen molar-refractivity contribution in [3.8, 4) is 0 Å². The molecule has 0 atom stereocenters. The predicted octanol–water partition coefficient (Wildman–Crippen LogP) is 4.58. The van der Waals surface area contributed by atoms with Gasteiger partial charge in [0.2, 0.25) is 0 Å². The van der Waals surface area contributed by atoms with Crippen LogP contribution < -0.4 is 0 Å². The molecule has 0 aliphatic rings. The van der Waals surface area contributed by atoms with Gasteiger partial charge < -0.3 is 4.90 Å². The SMILES string of the molecule is CC(C)N(CCCCl)C(=O)c1ccc(Br)c(Cl)c1. The summed E-state index contributed by atoms with van der Waals surface area (Å²) in [5.41, 5.74) is 0.603. The molecule has 0 radical (unpaired) electrons. The van der Waals surface area contributed by atoms with Gasteiger partial charge in [0, 0.05) is 28.5 Å². The van der Waals surface area contributed by atoms with E-state index in [1.54, 1.807) is 18.2 Å². The second-order valence-electron chi connectivity index (χ2n) is 4.26. The van der Waals surface area contributed by atoms with Crippen LogP contribution in [-0.4, -0.2) is 29.3 Å². The molecule has 0 aliphatic carbocycles. The maximum atomic E-state index is 12.4. The minimum absolute atomic E-state index is 0.00971. The molecule has 0 saturated heterocycles. The van der Waals surface area contributed by atoms with Crippen molar-refractivity contribution >= 4 is 45.0 Å². The molecule has 1 amide bonds. The molecule has 18 heavy (non-hydrogen) atoms. The summed E-state index contributed by atoms with van der Waals surface area (Å²) in [7, 11) is 0. The summed E-state index contributed by atoms with van der Waals surface area (Å²) in [5.74, 6) is 0.543. The molecule has 1 aromatic carbocycles. The lowest BCUT2D eigenvalue weighted by molar-refractivity contribution is 0.0706. The number of hydrogen-bond acceptors (Lipinski definition) is 1. The van der Waals surface area contributed by atoms with Crippen molar-refractivity contribution in [2.45, 2.75) is 26.3 Å². The maximum absolute atomic E-state index is 12.4. The molecular weight excluding hydrogens is 337 g/mol. The van der Waals surface area contributed by atoms with E-state index in [2.05, 4.69) is 15.9 Å². The van der Waals surface area contributed by atoms with Crippen LogP contribution in [0.1, 0.15) is 30.6 Å². The largest absolute Gasteiger partial charge is 0.336 e. The molecule has 2 nitrogen and oxygen atoms in total. The van der Waals surface area contributed by atoms with Gasteiger partial charge in [0.1, 0.15) is 0 Å². The third-order valence-electron chi connectivity index (χ3n) is 2.58. The highest BCUT2D eigenvalue weighted by molar-refractivity contribution is 9.10. The molecule has 0 heterocycles. The Morgan fingerprint density at radius 3 is 2.61 bits per heavy atom. The zero-order valence-corrected chi connectivity index (χ0v) is 13.5. The van der Waals surface area contributed by atoms with Crippen molar-refractivity contribution in [1.82, 2.24) is 4.90 Å². The Hall–Kier alpha value is -0.250. The van der Waals surface area contributed by atoms with Crippen LogP contribution in [0.4, 0.5) is 0 Å². The van der Waals surface area contributed by atoms with Crippen LogP contribution in [0.3, 0.4) is 0 Å². The second-order valence-corrected chi connectivity index (χ2v) is 5.90. The van der Waals surface area contributed by atoms with Crippen molar-refractivity contribution in [3.05, 3.63) is 33.3 Å². The van der Waals surface area contributed by atoms with Crippen LogP contribution >= 0.6 is 39.1 Å². The number of carbonyl (C=O) groups excluding carboxylic acids is 1. The van der Waals surface area contributed by atoms with Crippen molar-refractivity contribution in [3.63, 3.8) is 0 Å². The number of benzene rings is 1. The van der Waals surface area contributed by atoms with E-state index in [0.717, 1.165) is 10.9 Å². The highest BCUT2D eigenvalue weighted by Gasteiger charge is 2.18. The van der Waals surface area contributed by atoms with Gasteiger partial charge in [-0.1, -0.05) is 11.6 Å². The first-order valence-electron chi connectivity index (χ1n) is 5.79. The van der Waals surface area contributed by atoms with Crippen LogP contribution in [0.5, 0.6) is 0 Å². The van der Waals surface area contributed by atoms with Crippen LogP contribution in [0.2, 0.25) is 5.02 Å². The summed E-state index contributed by atoms with van der Waals surface area (Å²) in [6.45, 7) is 4.65. The van der Waals surface area contributed by atoms with Crippen molar-refractivity contribution in [1.29, 1.82) is 0 Å². The molecule has 0 N–H and O–H groups in total. The molecule has 0 aromatic heterocycles. The smallest absolute Gasteiger partial charge is 0.254 e. The third kappa shape index (κ3) is 4.15.